The number of pyridine rings is 1. The Labute approximate surface area is 106 Å². The average Bonchev–Trinajstić information content (AvgIpc) is 2.77. The number of nitrogens with zero attached hydrogens (tertiary/aromatic N) is 1. The molecule has 0 amide bonds. The van der Waals surface area contributed by atoms with E-state index in [-0.39, 0.29) is 18.8 Å². The zero-order valence-electron chi connectivity index (χ0n) is 9.65. The Morgan fingerprint density at radius 1 is 1.47 bits per heavy atom. The van der Waals surface area contributed by atoms with E-state index in [1.165, 1.54) is 12.1 Å². The van der Waals surface area contributed by atoms with Gasteiger partial charge in [0.15, 0.2) is 0 Å². The standard InChI is InChI=1S/C11H11F3N2O3/c12-11(13,14)8-2-1-3-9(16-8)19-6-4-7(10(17)18)15-5-6/h1-3,6-7,15H,4-5H2,(H,17,18). The van der Waals surface area contributed by atoms with Gasteiger partial charge in [0.05, 0.1) is 0 Å². The first-order valence-electron chi connectivity index (χ1n) is 5.53. The first kappa shape index (κ1) is 13.6. The molecule has 1 aliphatic heterocycles. The zero-order chi connectivity index (χ0) is 14.0. The topological polar surface area (TPSA) is 71.5 Å². The molecule has 0 spiro atoms. The van der Waals surface area contributed by atoms with Gasteiger partial charge in [0.1, 0.15) is 17.8 Å². The van der Waals surface area contributed by atoms with Crippen molar-refractivity contribution in [3.63, 3.8) is 0 Å². The first-order chi connectivity index (χ1) is 8.86. The zero-order valence-corrected chi connectivity index (χ0v) is 9.65. The molecule has 2 heterocycles. The molecule has 1 aromatic heterocycles. The summed E-state index contributed by atoms with van der Waals surface area (Å²) in [5.41, 5.74) is -1.04. The monoisotopic (exact) mass is 276 g/mol. The van der Waals surface area contributed by atoms with Gasteiger partial charge in [0, 0.05) is 19.0 Å². The molecule has 5 nitrogen and oxygen atoms in total. The van der Waals surface area contributed by atoms with E-state index in [1.54, 1.807) is 0 Å². The summed E-state index contributed by atoms with van der Waals surface area (Å²) < 4.78 is 42.6. The van der Waals surface area contributed by atoms with Gasteiger partial charge < -0.3 is 15.2 Å². The number of hydrogen-bond acceptors (Lipinski definition) is 4. The van der Waals surface area contributed by atoms with Crippen molar-refractivity contribution in [1.29, 1.82) is 0 Å². The highest BCUT2D eigenvalue weighted by Crippen LogP contribution is 2.29. The molecule has 1 saturated heterocycles. The summed E-state index contributed by atoms with van der Waals surface area (Å²) in [5.74, 6) is -1.17. The number of ether oxygens (including phenoxy) is 1. The van der Waals surface area contributed by atoms with Crippen molar-refractivity contribution in [2.75, 3.05) is 6.54 Å². The third kappa shape index (κ3) is 3.34. The lowest BCUT2D eigenvalue weighted by atomic mass is 10.2. The van der Waals surface area contributed by atoms with Crippen LogP contribution in [0.25, 0.3) is 0 Å². The van der Waals surface area contributed by atoms with Crippen molar-refractivity contribution in [2.45, 2.75) is 24.7 Å². The van der Waals surface area contributed by atoms with Crippen molar-refractivity contribution >= 4 is 5.97 Å². The lowest BCUT2D eigenvalue weighted by molar-refractivity contribution is -0.141. The van der Waals surface area contributed by atoms with Gasteiger partial charge in [0.25, 0.3) is 0 Å². The number of aromatic nitrogens is 1. The van der Waals surface area contributed by atoms with E-state index in [9.17, 15) is 18.0 Å². The van der Waals surface area contributed by atoms with Crippen LogP contribution in [-0.4, -0.2) is 34.8 Å². The second-order valence-electron chi connectivity index (χ2n) is 4.13. The van der Waals surface area contributed by atoms with Gasteiger partial charge in [0.2, 0.25) is 5.88 Å². The van der Waals surface area contributed by atoms with Crippen molar-refractivity contribution < 1.29 is 27.8 Å². The minimum Gasteiger partial charge on any atom is -0.480 e. The number of carboxylic acids is 1. The minimum atomic E-state index is -4.53. The summed E-state index contributed by atoms with van der Waals surface area (Å²) >= 11 is 0. The van der Waals surface area contributed by atoms with E-state index < -0.39 is 30.0 Å². The van der Waals surface area contributed by atoms with Crippen molar-refractivity contribution in [3.05, 3.63) is 23.9 Å². The fourth-order valence-corrected chi connectivity index (χ4v) is 1.79. The molecule has 2 atom stereocenters. The molecule has 104 valence electrons. The fourth-order valence-electron chi connectivity index (χ4n) is 1.79. The second kappa shape index (κ2) is 5.04. The van der Waals surface area contributed by atoms with Crippen LogP contribution in [0, 0.1) is 0 Å². The van der Waals surface area contributed by atoms with Crippen molar-refractivity contribution in [2.24, 2.45) is 0 Å². The molecular weight excluding hydrogens is 265 g/mol. The molecule has 8 heteroatoms. The molecule has 0 bridgehead atoms. The molecule has 0 saturated carbocycles. The maximum absolute atomic E-state index is 12.4. The maximum Gasteiger partial charge on any atom is 0.433 e. The number of carboxylic acid groups (broad SMARTS) is 1. The van der Waals surface area contributed by atoms with Crippen LogP contribution in [0.2, 0.25) is 0 Å². The minimum absolute atomic E-state index is 0.160. The predicted octanol–water partition coefficient (Wildman–Crippen LogP) is 1.29. The lowest BCUT2D eigenvalue weighted by Gasteiger charge is -2.13. The summed E-state index contributed by atoms with van der Waals surface area (Å²) in [7, 11) is 0. The Morgan fingerprint density at radius 3 is 2.79 bits per heavy atom. The smallest absolute Gasteiger partial charge is 0.433 e. The van der Waals surface area contributed by atoms with E-state index in [4.69, 9.17) is 9.84 Å². The van der Waals surface area contributed by atoms with E-state index in [0.29, 0.717) is 0 Å². The van der Waals surface area contributed by atoms with Crippen LogP contribution in [0.1, 0.15) is 12.1 Å². The van der Waals surface area contributed by atoms with Crippen LogP contribution in [0.5, 0.6) is 5.88 Å². The fraction of sp³-hybridized carbons (Fsp3) is 0.455. The summed E-state index contributed by atoms with van der Waals surface area (Å²) in [6, 6.07) is 2.61. The Balaban J connectivity index is 2.03. The van der Waals surface area contributed by atoms with E-state index in [2.05, 4.69) is 10.3 Å². The normalized spacial score (nSPS) is 23.3. The molecule has 0 aromatic carbocycles. The molecule has 2 rings (SSSR count). The third-order valence-electron chi connectivity index (χ3n) is 2.69. The molecule has 1 aromatic rings. The van der Waals surface area contributed by atoms with Gasteiger partial charge in [-0.25, -0.2) is 4.98 Å². The van der Waals surface area contributed by atoms with E-state index in [1.807, 2.05) is 0 Å². The van der Waals surface area contributed by atoms with Gasteiger partial charge in [-0.15, -0.1) is 0 Å². The third-order valence-corrected chi connectivity index (χ3v) is 2.69. The van der Waals surface area contributed by atoms with Crippen LogP contribution >= 0.6 is 0 Å². The van der Waals surface area contributed by atoms with Crippen LogP contribution in [0.4, 0.5) is 13.2 Å². The van der Waals surface area contributed by atoms with Crippen LogP contribution in [-0.2, 0) is 11.0 Å². The number of rotatable bonds is 3. The van der Waals surface area contributed by atoms with Gasteiger partial charge in [-0.05, 0) is 6.07 Å². The van der Waals surface area contributed by atoms with E-state index in [0.717, 1.165) is 6.07 Å². The number of alkyl halides is 3. The predicted molar refractivity (Wildman–Crippen MR) is 57.7 cm³/mol. The Morgan fingerprint density at radius 2 is 2.21 bits per heavy atom. The molecule has 1 fully saturated rings. The van der Waals surface area contributed by atoms with Gasteiger partial charge >= 0.3 is 12.1 Å². The molecule has 0 aliphatic carbocycles. The molecule has 2 unspecified atom stereocenters. The Hall–Kier alpha value is -1.83. The molecule has 19 heavy (non-hydrogen) atoms. The highest BCUT2D eigenvalue weighted by atomic mass is 19.4. The number of aliphatic carboxylic acids is 1. The number of halogens is 3. The Kier molecular flexibility index (Phi) is 3.61. The molecule has 1 aliphatic rings. The number of nitrogens with one attached hydrogen (secondary N) is 1. The summed E-state index contributed by atoms with van der Waals surface area (Å²) in [6.07, 6.45) is -4.85. The largest absolute Gasteiger partial charge is 0.480 e. The van der Waals surface area contributed by atoms with Crippen LogP contribution < -0.4 is 10.1 Å². The molecular formula is C11H11F3N2O3. The number of hydrogen-bond donors (Lipinski definition) is 2. The molecule has 2 N–H and O–H groups in total. The summed E-state index contributed by atoms with van der Waals surface area (Å²) in [4.78, 5) is 14.1. The molecule has 0 radical (unpaired) electrons. The van der Waals surface area contributed by atoms with Crippen molar-refractivity contribution in [3.8, 4) is 5.88 Å². The highest BCUT2D eigenvalue weighted by Gasteiger charge is 2.34. The SMILES string of the molecule is O=C(O)C1CC(Oc2cccc(C(F)(F)F)n2)CN1. The van der Waals surface area contributed by atoms with Gasteiger partial charge in [-0.3, -0.25) is 4.79 Å². The van der Waals surface area contributed by atoms with E-state index >= 15 is 0 Å². The summed E-state index contributed by atoms with van der Waals surface area (Å²) in [6.45, 7) is 0.259. The van der Waals surface area contributed by atoms with Crippen molar-refractivity contribution in [1.82, 2.24) is 10.3 Å². The van der Waals surface area contributed by atoms with Crippen LogP contribution in [0.3, 0.4) is 0 Å². The second-order valence-corrected chi connectivity index (χ2v) is 4.13. The van der Waals surface area contributed by atoms with Crippen LogP contribution in [0.15, 0.2) is 18.2 Å². The van der Waals surface area contributed by atoms with Gasteiger partial charge in [-0.1, -0.05) is 6.07 Å². The first-order valence-corrected chi connectivity index (χ1v) is 5.53. The van der Waals surface area contributed by atoms with Gasteiger partial charge in [-0.2, -0.15) is 13.2 Å². The quantitative estimate of drug-likeness (QED) is 0.870. The average molecular weight is 276 g/mol. The Bertz CT molecular complexity index is 478. The summed E-state index contributed by atoms with van der Waals surface area (Å²) in [5, 5.41) is 11.5. The lowest BCUT2D eigenvalue weighted by Crippen LogP contribution is -2.30. The highest BCUT2D eigenvalue weighted by molar-refractivity contribution is 5.73. The number of carbonyl (C=O) groups is 1. The maximum atomic E-state index is 12.4.